The molecular formula is C11H12ClN3O3. The zero-order valence-corrected chi connectivity index (χ0v) is 10.5. The van der Waals surface area contributed by atoms with Gasteiger partial charge in [-0.15, -0.1) is 0 Å². The molecule has 96 valence electrons. The van der Waals surface area contributed by atoms with E-state index in [2.05, 4.69) is 10.3 Å². The summed E-state index contributed by atoms with van der Waals surface area (Å²) in [4.78, 5) is 24.4. The molecule has 0 atom stereocenters. The van der Waals surface area contributed by atoms with E-state index in [1.165, 1.54) is 19.2 Å². The summed E-state index contributed by atoms with van der Waals surface area (Å²) in [6.07, 6.45) is 5.57. The molecule has 0 aliphatic carbocycles. The smallest absolute Gasteiger partial charge is 0.307 e. The summed E-state index contributed by atoms with van der Waals surface area (Å²) >= 11 is 5.59. The number of nitrogens with one attached hydrogen (secondary N) is 1. The fraction of sp³-hybridized carbons (Fsp3) is 0.273. The van der Waals surface area contributed by atoms with Gasteiger partial charge in [0.15, 0.2) is 0 Å². The van der Waals surface area contributed by atoms with Crippen molar-refractivity contribution in [1.29, 1.82) is 0 Å². The molecule has 0 spiro atoms. The molecule has 0 unspecified atom stereocenters. The lowest BCUT2D eigenvalue weighted by atomic mass is 10.2. The summed E-state index contributed by atoms with van der Waals surface area (Å²) in [7, 11) is 0. The number of aromatic nitrogens is 1. The fourth-order valence-corrected chi connectivity index (χ4v) is 1.39. The number of hydrogen-bond donors (Lipinski definition) is 1. The predicted octanol–water partition coefficient (Wildman–Crippen LogP) is 2.18. The van der Waals surface area contributed by atoms with Gasteiger partial charge in [0.2, 0.25) is 11.1 Å². The van der Waals surface area contributed by atoms with Crippen molar-refractivity contribution in [3.05, 3.63) is 39.2 Å². The van der Waals surface area contributed by atoms with Gasteiger partial charge >= 0.3 is 5.69 Å². The molecule has 0 aromatic carbocycles. The van der Waals surface area contributed by atoms with Crippen molar-refractivity contribution < 1.29 is 9.72 Å². The first kappa shape index (κ1) is 14.1. The third-order valence-corrected chi connectivity index (χ3v) is 2.32. The number of halogens is 1. The number of pyridine rings is 1. The molecule has 1 amide bonds. The van der Waals surface area contributed by atoms with Gasteiger partial charge in [0.25, 0.3) is 0 Å². The Morgan fingerprint density at radius 1 is 1.67 bits per heavy atom. The van der Waals surface area contributed by atoms with Crippen molar-refractivity contribution in [2.24, 2.45) is 0 Å². The van der Waals surface area contributed by atoms with E-state index in [-0.39, 0.29) is 16.7 Å². The van der Waals surface area contributed by atoms with Crippen LogP contribution in [0.2, 0.25) is 5.15 Å². The van der Waals surface area contributed by atoms with Crippen molar-refractivity contribution in [1.82, 2.24) is 10.3 Å². The molecule has 0 bridgehead atoms. The summed E-state index contributed by atoms with van der Waals surface area (Å²) < 4.78 is 0. The Morgan fingerprint density at radius 2 is 2.39 bits per heavy atom. The highest BCUT2D eigenvalue weighted by Crippen LogP contribution is 2.22. The van der Waals surface area contributed by atoms with Crippen molar-refractivity contribution in [3.63, 3.8) is 0 Å². The molecule has 1 aromatic heterocycles. The first-order valence-corrected chi connectivity index (χ1v) is 5.59. The third kappa shape index (κ3) is 4.50. The molecule has 6 nitrogen and oxygen atoms in total. The molecule has 0 saturated heterocycles. The van der Waals surface area contributed by atoms with Crippen molar-refractivity contribution in [2.75, 3.05) is 6.54 Å². The Balaban J connectivity index is 2.62. The molecule has 0 radical (unpaired) electrons. The van der Waals surface area contributed by atoms with Crippen LogP contribution in [0.1, 0.15) is 18.9 Å². The van der Waals surface area contributed by atoms with Gasteiger partial charge in [-0.25, -0.2) is 4.98 Å². The number of nitrogens with zero attached hydrogens (tertiary/aromatic N) is 2. The topological polar surface area (TPSA) is 85.1 Å². The Labute approximate surface area is 109 Å². The van der Waals surface area contributed by atoms with Gasteiger partial charge < -0.3 is 5.32 Å². The Morgan fingerprint density at radius 3 is 3.00 bits per heavy atom. The second kappa shape index (κ2) is 6.70. The fourth-order valence-electron chi connectivity index (χ4n) is 1.22. The van der Waals surface area contributed by atoms with Crippen LogP contribution in [0.5, 0.6) is 0 Å². The quantitative estimate of drug-likeness (QED) is 0.384. The molecule has 0 aliphatic rings. The Hall–Kier alpha value is -1.95. The van der Waals surface area contributed by atoms with E-state index in [0.717, 1.165) is 0 Å². The molecule has 1 rings (SSSR count). The minimum absolute atomic E-state index is 0.0906. The molecule has 18 heavy (non-hydrogen) atoms. The molecular weight excluding hydrogens is 258 g/mol. The van der Waals surface area contributed by atoms with E-state index in [1.54, 1.807) is 12.2 Å². The zero-order chi connectivity index (χ0) is 13.5. The van der Waals surface area contributed by atoms with Gasteiger partial charge in [0.1, 0.15) is 0 Å². The molecule has 1 aromatic rings. The van der Waals surface area contributed by atoms with Crippen molar-refractivity contribution in [2.45, 2.75) is 13.3 Å². The second-order valence-corrected chi connectivity index (χ2v) is 3.87. The maximum atomic E-state index is 10.6. The normalized spacial score (nSPS) is 10.6. The van der Waals surface area contributed by atoms with Crippen molar-refractivity contribution in [3.8, 4) is 0 Å². The van der Waals surface area contributed by atoms with Crippen LogP contribution in [0.15, 0.2) is 18.3 Å². The molecule has 0 fully saturated rings. The van der Waals surface area contributed by atoms with E-state index in [4.69, 9.17) is 11.6 Å². The van der Waals surface area contributed by atoms with Crippen LogP contribution in [-0.2, 0) is 4.79 Å². The standard InChI is InChI=1S/C11H12ClN3O3/c1-8(16)13-5-3-2-4-9-6-10(15(17)18)11(12)14-7-9/h2,4,6-7H,3,5H2,1H3,(H,13,16). The molecule has 1 N–H and O–H groups in total. The monoisotopic (exact) mass is 269 g/mol. The molecule has 1 heterocycles. The van der Waals surface area contributed by atoms with Crippen molar-refractivity contribution >= 4 is 29.3 Å². The zero-order valence-electron chi connectivity index (χ0n) is 9.72. The molecule has 7 heteroatoms. The highest BCUT2D eigenvalue weighted by atomic mass is 35.5. The Bertz CT molecular complexity index is 488. The van der Waals surface area contributed by atoms with E-state index in [0.29, 0.717) is 18.5 Å². The average Bonchev–Trinajstić information content (AvgIpc) is 2.30. The predicted molar refractivity (Wildman–Crippen MR) is 68.2 cm³/mol. The average molecular weight is 270 g/mol. The lowest BCUT2D eigenvalue weighted by Gasteiger charge is -1.98. The van der Waals surface area contributed by atoms with E-state index < -0.39 is 4.92 Å². The lowest BCUT2D eigenvalue weighted by molar-refractivity contribution is -0.385. The summed E-state index contributed by atoms with van der Waals surface area (Å²) in [6, 6.07) is 1.35. The number of carbonyl (C=O) groups is 1. The minimum Gasteiger partial charge on any atom is -0.356 e. The first-order chi connectivity index (χ1) is 8.50. The number of carbonyl (C=O) groups excluding carboxylic acids is 1. The van der Waals surface area contributed by atoms with Gasteiger partial charge in [0.05, 0.1) is 4.92 Å². The third-order valence-electron chi connectivity index (χ3n) is 2.03. The van der Waals surface area contributed by atoms with E-state index in [9.17, 15) is 14.9 Å². The minimum atomic E-state index is -0.579. The van der Waals surface area contributed by atoms with Gasteiger partial charge in [-0.3, -0.25) is 14.9 Å². The number of hydrogen-bond acceptors (Lipinski definition) is 4. The second-order valence-electron chi connectivity index (χ2n) is 3.51. The molecule has 0 aliphatic heterocycles. The van der Waals surface area contributed by atoms with Crippen LogP contribution in [0, 0.1) is 10.1 Å². The highest BCUT2D eigenvalue weighted by molar-refractivity contribution is 6.31. The maximum Gasteiger partial charge on any atom is 0.307 e. The summed E-state index contributed by atoms with van der Waals surface area (Å²) in [5.41, 5.74) is 0.370. The number of amides is 1. The van der Waals surface area contributed by atoms with Gasteiger partial charge in [-0.2, -0.15) is 0 Å². The van der Waals surface area contributed by atoms with Gasteiger partial charge in [-0.05, 0) is 12.0 Å². The maximum absolute atomic E-state index is 10.6. The van der Waals surface area contributed by atoms with Crippen LogP contribution >= 0.6 is 11.6 Å². The van der Waals surface area contributed by atoms with Crippen LogP contribution in [0.25, 0.3) is 6.08 Å². The summed E-state index contributed by atoms with van der Waals surface area (Å²) in [5.74, 6) is -0.0906. The van der Waals surface area contributed by atoms with Gasteiger partial charge in [-0.1, -0.05) is 23.8 Å². The number of rotatable bonds is 5. The largest absolute Gasteiger partial charge is 0.356 e. The van der Waals surface area contributed by atoms with Crippen LogP contribution in [-0.4, -0.2) is 22.4 Å². The number of nitro groups is 1. The SMILES string of the molecule is CC(=O)NCCC=Cc1cnc(Cl)c([N+](=O)[O-])c1. The highest BCUT2D eigenvalue weighted by Gasteiger charge is 2.12. The van der Waals surface area contributed by atoms with Crippen LogP contribution in [0.4, 0.5) is 5.69 Å². The van der Waals surface area contributed by atoms with E-state index in [1.807, 2.05) is 0 Å². The Kier molecular flexibility index (Phi) is 5.26. The molecule has 0 saturated carbocycles. The van der Waals surface area contributed by atoms with E-state index >= 15 is 0 Å². The van der Waals surface area contributed by atoms with Gasteiger partial charge in [0, 0.05) is 25.7 Å². The van der Waals surface area contributed by atoms with Crippen LogP contribution < -0.4 is 5.32 Å². The lowest BCUT2D eigenvalue weighted by Crippen LogP contribution is -2.20. The summed E-state index contributed by atoms with van der Waals surface area (Å²) in [5, 5.41) is 13.1. The first-order valence-electron chi connectivity index (χ1n) is 5.21. The summed E-state index contributed by atoms with van der Waals surface area (Å²) in [6.45, 7) is 1.96. The van der Waals surface area contributed by atoms with Crippen LogP contribution in [0.3, 0.4) is 0 Å².